The minimum absolute atomic E-state index is 0.00758. The second kappa shape index (κ2) is 5.14. The van der Waals surface area contributed by atoms with Gasteiger partial charge in [-0.2, -0.15) is 4.98 Å². The van der Waals surface area contributed by atoms with E-state index in [2.05, 4.69) is 10.1 Å². The molecule has 2 rings (SSSR count). The quantitative estimate of drug-likeness (QED) is 0.935. The number of benzene rings is 1. The molecule has 102 valence electrons. The van der Waals surface area contributed by atoms with Crippen molar-refractivity contribution in [1.82, 2.24) is 10.1 Å². The first-order valence-electron chi connectivity index (χ1n) is 5.56. The minimum Gasteiger partial charge on any atom is -0.481 e. The number of hydrogen-bond donors (Lipinski definition) is 1. The van der Waals surface area contributed by atoms with Crippen molar-refractivity contribution >= 4 is 11.6 Å². The van der Waals surface area contributed by atoms with E-state index in [0.29, 0.717) is 5.82 Å². The highest BCUT2D eigenvalue weighted by Gasteiger charge is 2.21. The first-order chi connectivity index (χ1) is 8.88. The Kier molecular flexibility index (Phi) is 3.73. The van der Waals surface area contributed by atoms with Gasteiger partial charge in [0, 0.05) is 0 Å². The summed E-state index contributed by atoms with van der Waals surface area (Å²) in [6, 6.07) is 4.49. The van der Waals surface area contributed by atoms with Gasteiger partial charge in [-0.3, -0.25) is 0 Å². The van der Waals surface area contributed by atoms with Gasteiger partial charge in [0.05, 0.1) is 10.6 Å². The summed E-state index contributed by atoms with van der Waals surface area (Å²) in [7, 11) is 0. The summed E-state index contributed by atoms with van der Waals surface area (Å²) >= 11 is 5.64. The number of rotatable bonds is 4. The zero-order chi connectivity index (χ0) is 14.0. The van der Waals surface area contributed by atoms with E-state index in [4.69, 9.17) is 26.6 Å². The smallest absolute Gasteiger partial charge is 0.264 e. The van der Waals surface area contributed by atoms with Crippen molar-refractivity contribution < 1.29 is 13.7 Å². The van der Waals surface area contributed by atoms with Gasteiger partial charge in [-0.25, -0.2) is 4.39 Å². The standard InChI is InChI=1S/C12H13ClFN3O2/c1-12(2,15)11-16-9(19-17-11)6-18-8-5-3-4-7(13)10(8)14/h3-5H,6,15H2,1-2H3. The summed E-state index contributed by atoms with van der Waals surface area (Å²) in [6.45, 7) is 3.44. The molecule has 0 fully saturated rings. The van der Waals surface area contributed by atoms with Crippen molar-refractivity contribution in [3.05, 3.63) is 40.8 Å². The molecule has 1 heterocycles. The van der Waals surface area contributed by atoms with Crippen LogP contribution in [0, 0.1) is 5.82 Å². The van der Waals surface area contributed by atoms with Gasteiger partial charge in [-0.15, -0.1) is 0 Å². The van der Waals surface area contributed by atoms with E-state index in [-0.39, 0.29) is 23.3 Å². The van der Waals surface area contributed by atoms with E-state index in [1.165, 1.54) is 12.1 Å². The average molecular weight is 286 g/mol. The van der Waals surface area contributed by atoms with E-state index in [0.717, 1.165) is 0 Å². The Hall–Kier alpha value is -1.66. The third-order valence-electron chi connectivity index (χ3n) is 2.31. The summed E-state index contributed by atoms with van der Waals surface area (Å²) in [5, 5.41) is 3.72. The van der Waals surface area contributed by atoms with Crippen LogP contribution >= 0.6 is 11.6 Å². The molecule has 19 heavy (non-hydrogen) atoms. The molecule has 0 aliphatic heterocycles. The summed E-state index contributed by atoms with van der Waals surface area (Å²) in [5.41, 5.74) is 5.11. The van der Waals surface area contributed by atoms with Crippen LogP contribution in [0.5, 0.6) is 5.75 Å². The second-order valence-electron chi connectivity index (χ2n) is 4.57. The maximum atomic E-state index is 13.6. The third kappa shape index (κ3) is 3.21. The van der Waals surface area contributed by atoms with Crippen LogP contribution in [0.15, 0.2) is 22.7 Å². The van der Waals surface area contributed by atoms with Crippen LogP contribution in [-0.4, -0.2) is 10.1 Å². The minimum atomic E-state index is -0.705. The fraction of sp³-hybridized carbons (Fsp3) is 0.333. The van der Waals surface area contributed by atoms with E-state index in [1.54, 1.807) is 19.9 Å². The molecular weight excluding hydrogens is 273 g/mol. The van der Waals surface area contributed by atoms with Crippen LogP contribution in [0.25, 0.3) is 0 Å². The lowest BCUT2D eigenvalue weighted by molar-refractivity contribution is 0.233. The molecule has 1 aromatic carbocycles. The Bertz CT molecular complexity index is 581. The van der Waals surface area contributed by atoms with Gasteiger partial charge in [0.2, 0.25) is 0 Å². The molecule has 2 N–H and O–H groups in total. The van der Waals surface area contributed by atoms with Crippen molar-refractivity contribution in [1.29, 1.82) is 0 Å². The SMILES string of the molecule is CC(C)(N)c1noc(COc2cccc(Cl)c2F)n1. The number of nitrogens with two attached hydrogens (primary N) is 1. The molecule has 2 aromatic rings. The van der Waals surface area contributed by atoms with Gasteiger partial charge in [0.1, 0.15) is 0 Å². The number of nitrogens with zero attached hydrogens (tertiary/aromatic N) is 2. The zero-order valence-electron chi connectivity index (χ0n) is 10.5. The van der Waals surface area contributed by atoms with Crippen molar-refractivity contribution in [2.75, 3.05) is 0 Å². The van der Waals surface area contributed by atoms with Gasteiger partial charge in [-0.05, 0) is 26.0 Å². The lowest BCUT2D eigenvalue weighted by Gasteiger charge is -2.11. The van der Waals surface area contributed by atoms with Gasteiger partial charge >= 0.3 is 0 Å². The summed E-state index contributed by atoms with van der Waals surface area (Å²) in [6.07, 6.45) is 0. The highest BCUT2D eigenvalue weighted by molar-refractivity contribution is 6.30. The lowest BCUT2D eigenvalue weighted by atomic mass is 10.1. The number of halogens is 2. The lowest BCUT2D eigenvalue weighted by Crippen LogP contribution is -2.30. The number of hydrogen-bond acceptors (Lipinski definition) is 5. The van der Waals surface area contributed by atoms with E-state index < -0.39 is 11.4 Å². The second-order valence-corrected chi connectivity index (χ2v) is 4.98. The van der Waals surface area contributed by atoms with Gasteiger partial charge in [-0.1, -0.05) is 22.8 Å². The van der Waals surface area contributed by atoms with Crippen LogP contribution in [-0.2, 0) is 12.1 Å². The molecule has 0 aliphatic carbocycles. The maximum Gasteiger partial charge on any atom is 0.264 e. The van der Waals surface area contributed by atoms with Crippen molar-refractivity contribution in [2.45, 2.75) is 26.0 Å². The molecule has 0 unspecified atom stereocenters. The van der Waals surface area contributed by atoms with E-state index in [9.17, 15) is 4.39 Å². The summed E-state index contributed by atoms with van der Waals surface area (Å²) in [4.78, 5) is 4.07. The molecule has 0 radical (unpaired) electrons. The predicted molar refractivity (Wildman–Crippen MR) is 67.3 cm³/mol. The fourth-order valence-corrected chi connectivity index (χ4v) is 1.48. The summed E-state index contributed by atoms with van der Waals surface area (Å²) < 4.78 is 23.7. The monoisotopic (exact) mass is 285 g/mol. The Morgan fingerprint density at radius 3 is 2.84 bits per heavy atom. The first kappa shape index (κ1) is 13.8. The highest BCUT2D eigenvalue weighted by Crippen LogP contribution is 2.24. The molecule has 0 saturated carbocycles. The third-order valence-corrected chi connectivity index (χ3v) is 2.60. The number of ether oxygens (including phenoxy) is 1. The molecule has 0 atom stereocenters. The van der Waals surface area contributed by atoms with Crippen molar-refractivity contribution in [3.8, 4) is 5.75 Å². The Balaban J connectivity index is 2.07. The van der Waals surface area contributed by atoms with Crippen LogP contribution in [0.3, 0.4) is 0 Å². The average Bonchev–Trinajstić information content (AvgIpc) is 2.79. The molecule has 0 aliphatic rings. The Labute approximate surface area is 114 Å². The Morgan fingerprint density at radius 2 is 2.21 bits per heavy atom. The molecule has 5 nitrogen and oxygen atoms in total. The van der Waals surface area contributed by atoms with Crippen LogP contribution < -0.4 is 10.5 Å². The van der Waals surface area contributed by atoms with E-state index >= 15 is 0 Å². The predicted octanol–water partition coefficient (Wildman–Crippen LogP) is 2.63. The van der Waals surface area contributed by atoms with Gasteiger partial charge in [0.25, 0.3) is 5.89 Å². The van der Waals surface area contributed by atoms with Crippen molar-refractivity contribution in [3.63, 3.8) is 0 Å². The molecule has 0 saturated heterocycles. The topological polar surface area (TPSA) is 74.2 Å². The normalized spacial score (nSPS) is 11.6. The van der Waals surface area contributed by atoms with Gasteiger partial charge < -0.3 is 15.0 Å². The largest absolute Gasteiger partial charge is 0.481 e. The van der Waals surface area contributed by atoms with Crippen LogP contribution in [0.1, 0.15) is 25.6 Å². The van der Waals surface area contributed by atoms with E-state index in [1.807, 2.05) is 0 Å². The fourth-order valence-electron chi connectivity index (χ4n) is 1.31. The summed E-state index contributed by atoms with van der Waals surface area (Å²) in [5.74, 6) is -0.0205. The molecule has 0 bridgehead atoms. The Morgan fingerprint density at radius 1 is 1.47 bits per heavy atom. The van der Waals surface area contributed by atoms with Gasteiger partial charge in [0.15, 0.2) is 24.0 Å². The molecule has 0 amide bonds. The van der Waals surface area contributed by atoms with Crippen LogP contribution in [0.4, 0.5) is 4.39 Å². The number of aromatic nitrogens is 2. The van der Waals surface area contributed by atoms with Crippen molar-refractivity contribution in [2.24, 2.45) is 5.73 Å². The molecule has 0 spiro atoms. The maximum absolute atomic E-state index is 13.6. The zero-order valence-corrected chi connectivity index (χ0v) is 11.2. The highest BCUT2D eigenvalue weighted by atomic mass is 35.5. The van der Waals surface area contributed by atoms with Crippen LogP contribution in [0.2, 0.25) is 5.02 Å². The first-order valence-corrected chi connectivity index (χ1v) is 5.94. The molecular formula is C12H13ClFN3O2. The molecule has 1 aromatic heterocycles. The molecule has 7 heteroatoms.